The summed E-state index contributed by atoms with van der Waals surface area (Å²) in [4.78, 5) is 12.7. The standard InChI is InChI=1S/C15H20N4OS/c1-11(19-21(20)15(2,3)4)12-8-13(10-16-9-12)14-17-6-5-7-18-14/h5-11,19H,1-4H3/t11-,21-/m0/s1. The van der Waals surface area contributed by atoms with E-state index in [4.69, 9.17) is 0 Å². The van der Waals surface area contributed by atoms with Gasteiger partial charge in [0.2, 0.25) is 0 Å². The van der Waals surface area contributed by atoms with Gasteiger partial charge in [-0.15, -0.1) is 4.72 Å². The SMILES string of the molecule is C[C@H](N[S@@+]([O-])C(C)(C)C)c1cncc(-c2ncccn2)c1. The molecule has 0 radical (unpaired) electrons. The van der Waals surface area contributed by atoms with Crippen molar-refractivity contribution in [2.24, 2.45) is 0 Å². The molecular weight excluding hydrogens is 284 g/mol. The van der Waals surface area contributed by atoms with Crippen LogP contribution in [0.15, 0.2) is 36.9 Å². The molecule has 21 heavy (non-hydrogen) atoms. The first-order valence-electron chi connectivity index (χ1n) is 6.78. The molecule has 0 aliphatic rings. The van der Waals surface area contributed by atoms with E-state index in [1.807, 2.05) is 33.8 Å². The average Bonchev–Trinajstić information content (AvgIpc) is 2.47. The number of hydrogen-bond donors (Lipinski definition) is 1. The molecule has 0 aliphatic carbocycles. The second-order valence-corrected chi connectivity index (χ2v) is 7.80. The molecule has 0 aromatic carbocycles. The van der Waals surface area contributed by atoms with Crippen LogP contribution in [0.1, 0.15) is 39.3 Å². The number of nitrogens with zero attached hydrogens (tertiary/aromatic N) is 3. The molecule has 0 saturated carbocycles. The summed E-state index contributed by atoms with van der Waals surface area (Å²) in [7, 11) is 0. The zero-order valence-electron chi connectivity index (χ0n) is 12.7. The molecule has 2 aromatic rings. The quantitative estimate of drug-likeness (QED) is 0.879. The van der Waals surface area contributed by atoms with Gasteiger partial charge in [-0.25, -0.2) is 9.97 Å². The first-order valence-corrected chi connectivity index (χ1v) is 7.93. The summed E-state index contributed by atoms with van der Waals surface area (Å²) < 4.78 is 15.0. The van der Waals surface area contributed by atoms with Crippen LogP contribution in [0.25, 0.3) is 11.4 Å². The third-order valence-electron chi connectivity index (χ3n) is 2.92. The summed E-state index contributed by atoms with van der Waals surface area (Å²) in [6.07, 6.45) is 6.90. The maximum Gasteiger partial charge on any atom is 0.160 e. The molecular formula is C15H20N4OS. The van der Waals surface area contributed by atoms with Gasteiger partial charge < -0.3 is 4.55 Å². The predicted octanol–water partition coefficient (Wildman–Crippen LogP) is 2.65. The van der Waals surface area contributed by atoms with Gasteiger partial charge in [0.1, 0.15) is 4.75 Å². The molecule has 0 aliphatic heterocycles. The van der Waals surface area contributed by atoms with Crippen LogP contribution in [0.5, 0.6) is 0 Å². The lowest BCUT2D eigenvalue weighted by Crippen LogP contribution is -2.40. The van der Waals surface area contributed by atoms with Crippen molar-refractivity contribution in [1.82, 2.24) is 19.7 Å². The lowest BCUT2D eigenvalue weighted by atomic mass is 10.1. The second kappa shape index (κ2) is 6.51. The highest BCUT2D eigenvalue weighted by molar-refractivity contribution is 7.90. The van der Waals surface area contributed by atoms with Gasteiger partial charge in [0, 0.05) is 41.7 Å². The van der Waals surface area contributed by atoms with E-state index in [0.717, 1.165) is 11.1 Å². The largest absolute Gasteiger partial charge is 0.598 e. The molecule has 2 rings (SSSR count). The van der Waals surface area contributed by atoms with Crippen molar-refractivity contribution in [3.63, 3.8) is 0 Å². The third-order valence-corrected chi connectivity index (χ3v) is 4.60. The lowest BCUT2D eigenvalue weighted by molar-refractivity contribution is 0.531. The van der Waals surface area contributed by atoms with E-state index >= 15 is 0 Å². The van der Waals surface area contributed by atoms with Crippen LogP contribution in [0, 0.1) is 0 Å². The summed E-state index contributed by atoms with van der Waals surface area (Å²) in [6.45, 7) is 7.79. The molecule has 2 atom stereocenters. The smallest absolute Gasteiger partial charge is 0.160 e. The van der Waals surface area contributed by atoms with Crippen LogP contribution in [-0.4, -0.2) is 24.3 Å². The van der Waals surface area contributed by atoms with Gasteiger partial charge in [0.25, 0.3) is 0 Å². The zero-order chi connectivity index (χ0) is 15.5. The maximum atomic E-state index is 12.2. The Morgan fingerprint density at radius 3 is 2.48 bits per heavy atom. The highest BCUT2D eigenvalue weighted by atomic mass is 32.2. The minimum atomic E-state index is -1.13. The first-order chi connectivity index (χ1) is 9.88. The minimum absolute atomic E-state index is 0.0683. The molecule has 6 heteroatoms. The number of pyridine rings is 1. The monoisotopic (exact) mass is 304 g/mol. The molecule has 2 heterocycles. The molecule has 5 nitrogen and oxygen atoms in total. The Hall–Kier alpha value is -1.50. The van der Waals surface area contributed by atoms with Crippen molar-refractivity contribution in [1.29, 1.82) is 0 Å². The van der Waals surface area contributed by atoms with Crippen molar-refractivity contribution < 1.29 is 4.55 Å². The van der Waals surface area contributed by atoms with Gasteiger partial charge in [-0.1, -0.05) is 0 Å². The normalized spacial score (nSPS) is 14.7. The Balaban J connectivity index is 2.18. The third kappa shape index (κ3) is 4.23. The van der Waals surface area contributed by atoms with Gasteiger partial charge in [-0.3, -0.25) is 4.98 Å². The highest BCUT2D eigenvalue weighted by Crippen LogP contribution is 2.22. The molecule has 0 fully saturated rings. The van der Waals surface area contributed by atoms with Gasteiger partial charge >= 0.3 is 0 Å². The Bertz CT molecular complexity index is 586. The summed E-state index contributed by atoms with van der Waals surface area (Å²) in [6, 6.07) is 3.68. The lowest BCUT2D eigenvalue weighted by Gasteiger charge is -2.26. The van der Waals surface area contributed by atoms with Gasteiger partial charge in [0.05, 0.1) is 6.04 Å². The number of hydrogen-bond acceptors (Lipinski definition) is 5. The number of aromatic nitrogens is 3. The van der Waals surface area contributed by atoms with Crippen LogP contribution in [-0.2, 0) is 11.4 Å². The highest BCUT2D eigenvalue weighted by Gasteiger charge is 2.28. The minimum Gasteiger partial charge on any atom is -0.598 e. The fraction of sp³-hybridized carbons (Fsp3) is 0.400. The Kier molecular flexibility index (Phi) is 4.92. The molecule has 2 aromatic heterocycles. The van der Waals surface area contributed by atoms with E-state index in [1.165, 1.54) is 0 Å². The average molecular weight is 304 g/mol. The van der Waals surface area contributed by atoms with Crippen molar-refractivity contribution in [2.45, 2.75) is 38.5 Å². The molecule has 0 bridgehead atoms. The maximum absolute atomic E-state index is 12.2. The van der Waals surface area contributed by atoms with E-state index in [9.17, 15) is 4.55 Å². The summed E-state index contributed by atoms with van der Waals surface area (Å²) >= 11 is -1.13. The molecule has 112 valence electrons. The molecule has 0 spiro atoms. The van der Waals surface area contributed by atoms with Crippen LogP contribution in [0.4, 0.5) is 0 Å². The first kappa shape index (κ1) is 15.9. The topological polar surface area (TPSA) is 73.8 Å². The van der Waals surface area contributed by atoms with Gasteiger partial charge in [-0.2, -0.15) is 0 Å². The molecule has 0 amide bonds. The van der Waals surface area contributed by atoms with Gasteiger partial charge in [-0.05, 0) is 45.4 Å². The fourth-order valence-corrected chi connectivity index (χ4v) is 2.48. The Labute approximate surface area is 128 Å². The van der Waals surface area contributed by atoms with E-state index in [2.05, 4.69) is 19.7 Å². The molecule has 1 N–H and O–H groups in total. The van der Waals surface area contributed by atoms with Crippen LogP contribution in [0.3, 0.4) is 0 Å². The Morgan fingerprint density at radius 1 is 1.19 bits per heavy atom. The molecule has 0 saturated heterocycles. The van der Waals surface area contributed by atoms with E-state index < -0.39 is 11.4 Å². The van der Waals surface area contributed by atoms with Crippen molar-refractivity contribution in [3.05, 3.63) is 42.5 Å². The number of nitrogens with one attached hydrogen (secondary N) is 1. The van der Waals surface area contributed by atoms with Crippen LogP contribution in [0.2, 0.25) is 0 Å². The fourth-order valence-electron chi connectivity index (χ4n) is 1.67. The van der Waals surface area contributed by atoms with Crippen LogP contribution < -0.4 is 4.72 Å². The number of rotatable bonds is 4. The van der Waals surface area contributed by atoms with Crippen molar-refractivity contribution in [2.75, 3.05) is 0 Å². The van der Waals surface area contributed by atoms with E-state index in [1.54, 1.807) is 30.9 Å². The van der Waals surface area contributed by atoms with Crippen molar-refractivity contribution >= 4 is 11.4 Å². The summed E-state index contributed by atoms with van der Waals surface area (Å²) in [5.41, 5.74) is 1.81. The zero-order valence-corrected chi connectivity index (χ0v) is 13.5. The van der Waals surface area contributed by atoms with E-state index in [-0.39, 0.29) is 10.8 Å². The van der Waals surface area contributed by atoms with E-state index in [0.29, 0.717) is 5.82 Å². The predicted molar refractivity (Wildman–Crippen MR) is 84.7 cm³/mol. The van der Waals surface area contributed by atoms with Crippen molar-refractivity contribution in [3.8, 4) is 11.4 Å². The van der Waals surface area contributed by atoms with Gasteiger partial charge in [0.15, 0.2) is 5.82 Å². The summed E-state index contributed by atoms with van der Waals surface area (Å²) in [5.74, 6) is 0.635. The summed E-state index contributed by atoms with van der Waals surface area (Å²) in [5, 5.41) is 0. The second-order valence-electron chi connectivity index (χ2n) is 5.80. The van der Waals surface area contributed by atoms with Crippen LogP contribution >= 0.6 is 0 Å². The molecule has 0 unspecified atom stereocenters. The Morgan fingerprint density at radius 2 is 1.86 bits per heavy atom.